The second-order valence-corrected chi connectivity index (χ2v) is 7.02. The van der Waals surface area contributed by atoms with Crippen molar-refractivity contribution in [1.82, 2.24) is 4.31 Å². The van der Waals surface area contributed by atoms with E-state index in [1.165, 1.54) is 15.6 Å². The van der Waals surface area contributed by atoms with Crippen LogP contribution in [0, 0.1) is 6.92 Å². The Labute approximate surface area is 101 Å². The van der Waals surface area contributed by atoms with Crippen LogP contribution in [0.2, 0.25) is 0 Å². The summed E-state index contributed by atoms with van der Waals surface area (Å²) in [6.45, 7) is 4.70. The SMILES string of the molecule is CCCN(C)S(=O)(=O)c1cc(CN)sc1C. The van der Waals surface area contributed by atoms with Crippen molar-refractivity contribution in [3.05, 3.63) is 15.8 Å². The lowest BCUT2D eigenvalue weighted by molar-refractivity contribution is 0.468. The van der Waals surface area contributed by atoms with Crippen molar-refractivity contribution in [2.75, 3.05) is 13.6 Å². The summed E-state index contributed by atoms with van der Waals surface area (Å²) in [6, 6.07) is 1.68. The van der Waals surface area contributed by atoms with Crippen LogP contribution in [0.1, 0.15) is 23.1 Å². The number of rotatable bonds is 5. The summed E-state index contributed by atoms with van der Waals surface area (Å²) in [7, 11) is -1.72. The molecule has 16 heavy (non-hydrogen) atoms. The van der Waals surface area contributed by atoms with Gasteiger partial charge in [0.25, 0.3) is 0 Å². The van der Waals surface area contributed by atoms with E-state index in [9.17, 15) is 8.42 Å². The molecule has 0 atom stereocenters. The zero-order valence-corrected chi connectivity index (χ0v) is 11.5. The minimum atomic E-state index is -3.33. The Balaban J connectivity index is 3.11. The van der Waals surface area contributed by atoms with Gasteiger partial charge in [-0.15, -0.1) is 11.3 Å². The molecule has 6 heteroatoms. The molecule has 0 aliphatic rings. The first-order valence-electron chi connectivity index (χ1n) is 5.19. The number of thiophene rings is 1. The lowest BCUT2D eigenvalue weighted by Crippen LogP contribution is -2.27. The molecule has 0 fully saturated rings. The fourth-order valence-electron chi connectivity index (χ4n) is 1.48. The molecule has 2 N–H and O–H groups in total. The maximum Gasteiger partial charge on any atom is 0.243 e. The molecule has 0 saturated carbocycles. The van der Waals surface area contributed by atoms with Crippen LogP contribution in [0.5, 0.6) is 0 Å². The van der Waals surface area contributed by atoms with Crippen molar-refractivity contribution >= 4 is 21.4 Å². The Morgan fingerprint density at radius 2 is 2.12 bits per heavy atom. The topological polar surface area (TPSA) is 63.4 Å². The summed E-state index contributed by atoms with van der Waals surface area (Å²) in [4.78, 5) is 2.11. The highest BCUT2D eigenvalue weighted by Crippen LogP contribution is 2.27. The highest BCUT2D eigenvalue weighted by atomic mass is 32.2. The van der Waals surface area contributed by atoms with E-state index < -0.39 is 10.0 Å². The van der Waals surface area contributed by atoms with Crippen LogP contribution in [-0.2, 0) is 16.6 Å². The average Bonchev–Trinajstić information content (AvgIpc) is 2.60. The summed E-state index contributed by atoms with van der Waals surface area (Å²) >= 11 is 1.45. The Bertz CT molecular complexity index is 451. The Morgan fingerprint density at radius 1 is 1.50 bits per heavy atom. The fourth-order valence-corrected chi connectivity index (χ4v) is 4.23. The van der Waals surface area contributed by atoms with Crippen LogP contribution >= 0.6 is 11.3 Å². The van der Waals surface area contributed by atoms with Gasteiger partial charge >= 0.3 is 0 Å². The van der Waals surface area contributed by atoms with Crippen LogP contribution in [0.15, 0.2) is 11.0 Å². The van der Waals surface area contributed by atoms with Crippen LogP contribution in [0.25, 0.3) is 0 Å². The molecule has 1 rings (SSSR count). The molecule has 0 saturated heterocycles. The normalized spacial score (nSPS) is 12.3. The Kier molecular flexibility index (Phi) is 4.49. The quantitative estimate of drug-likeness (QED) is 0.875. The standard InChI is InChI=1S/C10H18N2O2S2/c1-4-5-12(3)16(13,14)10-6-9(7-11)15-8(10)2/h6H,4-5,7,11H2,1-3H3. The number of hydrogen-bond donors (Lipinski definition) is 1. The van der Waals surface area contributed by atoms with Crippen molar-refractivity contribution in [1.29, 1.82) is 0 Å². The Hall–Kier alpha value is -0.430. The number of aryl methyl sites for hydroxylation is 1. The molecule has 0 spiro atoms. The molecular formula is C10H18N2O2S2. The van der Waals surface area contributed by atoms with Gasteiger partial charge in [0.15, 0.2) is 0 Å². The average molecular weight is 262 g/mol. The van der Waals surface area contributed by atoms with Crippen molar-refractivity contribution in [3.63, 3.8) is 0 Å². The summed E-state index contributed by atoms with van der Waals surface area (Å²) in [6.07, 6.45) is 0.808. The van der Waals surface area contributed by atoms with Gasteiger partial charge < -0.3 is 5.73 Å². The van der Waals surface area contributed by atoms with E-state index in [0.717, 1.165) is 16.2 Å². The third kappa shape index (κ3) is 2.63. The molecule has 0 radical (unpaired) electrons. The number of sulfonamides is 1. The maximum absolute atomic E-state index is 12.2. The molecular weight excluding hydrogens is 244 g/mol. The van der Waals surface area contributed by atoms with Crippen molar-refractivity contribution in [2.24, 2.45) is 5.73 Å². The monoisotopic (exact) mass is 262 g/mol. The Morgan fingerprint density at radius 3 is 2.56 bits per heavy atom. The molecule has 1 heterocycles. The van der Waals surface area contributed by atoms with Crippen LogP contribution < -0.4 is 5.73 Å². The molecule has 0 bridgehead atoms. The van der Waals surface area contributed by atoms with Crippen LogP contribution in [0.3, 0.4) is 0 Å². The molecule has 0 amide bonds. The van der Waals surface area contributed by atoms with Crippen LogP contribution in [0.4, 0.5) is 0 Å². The number of hydrogen-bond acceptors (Lipinski definition) is 4. The first-order chi connectivity index (χ1) is 7.43. The summed E-state index contributed by atoms with van der Waals surface area (Å²) < 4.78 is 25.7. The van der Waals surface area contributed by atoms with E-state index in [2.05, 4.69) is 0 Å². The predicted molar refractivity (Wildman–Crippen MR) is 67.1 cm³/mol. The summed E-state index contributed by atoms with van der Waals surface area (Å²) in [5, 5.41) is 0. The van der Waals surface area contributed by atoms with E-state index in [4.69, 9.17) is 5.73 Å². The van der Waals surface area contributed by atoms with Gasteiger partial charge in [0.05, 0.1) is 4.90 Å². The van der Waals surface area contributed by atoms with E-state index >= 15 is 0 Å². The van der Waals surface area contributed by atoms with Gasteiger partial charge in [0.2, 0.25) is 10.0 Å². The van der Waals surface area contributed by atoms with Gasteiger partial charge in [-0.3, -0.25) is 0 Å². The smallest absolute Gasteiger partial charge is 0.243 e. The molecule has 1 aromatic rings. The van der Waals surface area contributed by atoms with Gasteiger partial charge in [-0.25, -0.2) is 12.7 Å². The molecule has 1 aromatic heterocycles. The second kappa shape index (κ2) is 5.27. The van der Waals surface area contributed by atoms with E-state index in [-0.39, 0.29) is 0 Å². The molecule has 0 aliphatic heterocycles. The highest BCUT2D eigenvalue weighted by molar-refractivity contribution is 7.89. The first kappa shape index (κ1) is 13.6. The van der Waals surface area contributed by atoms with Crippen LogP contribution in [-0.4, -0.2) is 26.3 Å². The second-order valence-electron chi connectivity index (χ2n) is 3.66. The third-order valence-corrected chi connectivity index (χ3v) is 5.54. The van der Waals surface area contributed by atoms with Gasteiger partial charge in [-0.2, -0.15) is 0 Å². The lowest BCUT2D eigenvalue weighted by Gasteiger charge is -2.15. The predicted octanol–water partition coefficient (Wildman–Crippen LogP) is 1.55. The highest BCUT2D eigenvalue weighted by Gasteiger charge is 2.23. The minimum Gasteiger partial charge on any atom is -0.326 e. The molecule has 0 aromatic carbocycles. The van der Waals surface area contributed by atoms with E-state index in [1.54, 1.807) is 13.1 Å². The summed E-state index contributed by atoms with van der Waals surface area (Å²) in [5.41, 5.74) is 5.51. The third-order valence-electron chi connectivity index (χ3n) is 2.35. The zero-order valence-electron chi connectivity index (χ0n) is 9.86. The fraction of sp³-hybridized carbons (Fsp3) is 0.600. The van der Waals surface area contributed by atoms with Gasteiger partial charge in [-0.05, 0) is 19.4 Å². The number of nitrogens with two attached hydrogens (primary N) is 1. The van der Waals surface area contributed by atoms with Gasteiger partial charge in [0, 0.05) is 29.9 Å². The zero-order chi connectivity index (χ0) is 12.3. The molecule has 0 aliphatic carbocycles. The van der Waals surface area contributed by atoms with E-state index in [1.807, 2.05) is 13.8 Å². The van der Waals surface area contributed by atoms with Crippen molar-refractivity contribution in [2.45, 2.75) is 31.7 Å². The van der Waals surface area contributed by atoms with E-state index in [0.29, 0.717) is 18.0 Å². The van der Waals surface area contributed by atoms with Gasteiger partial charge in [0.1, 0.15) is 0 Å². The largest absolute Gasteiger partial charge is 0.326 e. The maximum atomic E-state index is 12.2. The lowest BCUT2D eigenvalue weighted by atomic mass is 10.4. The minimum absolute atomic E-state index is 0.387. The molecule has 4 nitrogen and oxygen atoms in total. The molecule has 92 valence electrons. The number of nitrogens with zero attached hydrogens (tertiary/aromatic N) is 1. The summed E-state index contributed by atoms with van der Waals surface area (Å²) in [5.74, 6) is 0. The van der Waals surface area contributed by atoms with Gasteiger partial charge in [-0.1, -0.05) is 6.92 Å². The molecule has 0 unspecified atom stereocenters. The van der Waals surface area contributed by atoms with Crippen molar-refractivity contribution in [3.8, 4) is 0 Å². The first-order valence-corrected chi connectivity index (χ1v) is 7.44. The van der Waals surface area contributed by atoms with Crippen molar-refractivity contribution < 1.29 is 8.42 Å².